The summed E-state index contributed by atoms with van der Waals surface area (Å²) in [6.45, 7) is 0. The van der Waals surface area contributed by atoms with Gasteiger partial charge in [0, 0.05) is 0 Å². The second-order valence-corrected chi connectivity index (χ2v) is 5.93. The standard InChI is InChI=1S/C19H14OS/c1-2-9-16(10-3-1)20-21-18-13-12-15-7-4-6-14-8-5-11-17(18)19(14)15/h1-13,18H. The lowest BCUT2D eigenvalue weighted by molar-refractivity contribution is 0.642. The zero-order valence-corrected chi connectivity index (χ0v) is 12.2. The maximum absolute atomic E-state index is 5.86. The third-order valence-corrected chi connectivity index (χ3v) is 4.62. The Labute approximate surface area is 128 Å². The fourth-order valence-electron chi connectivity index (χ4n) is 2.74. The second-order valence-electron chi connectivity index (χ2n) is 5.06. The van der Waals surface area contributed by atoms with Crippen LogP contribution < -0.4 is 4.18 Å². The fourth-order valence-corrected chi connectivity index (χ4v) is 3.51. The second kappa shape index (κ2) is 5.30. The molecule has 0 saturated heterocycles. The molecule has 0 fully saturated rings. The predicted octanol–water partition coefficient (Wildman–Crippen LogP) is 5.63. The molecule has 3 aromatic carbocycles. The Bertz CT molecular complexity index is 803. The quantitative estimate of drug-likeness (QED) is 0.578. The predicted molar refractivity (Wildman–Crippen MR) is 90.4 cm³/mol. The summed E-state index contributed by atoms with van der Waals surface area (Å²) in [7, 11) is 0. The van der Waals surface area contributed by atoms with Crippen molar-refractivity contribution in [2.75, 3.05) is 0 Å². The third kappa shape index (κ3) is 2.32. The summed E-state index contributed by atoms with van der Waals surface area (Å²) in [6, 6.07) is 22.9. The maximum Gasteiger partial charge on any atom is 0.137 e. The number of para-hydroxylation sites is 1. The van der Waals surface area contributed by atoms with Gasteiger partial charge in [0.1, 0.15) is 5.75 Å². The normalized spacial score (nSPS) is 16.1. The van der Waals surface area contributed by atoms with Crippen LogP contribution in [-0.4, -0.2) is 0 Å². The fraction of sp³-hybridized carbons (Fsp3) is 0.0526. The molecule has 0 aromatic heterocycles. The molecule has 1 atom stereocenters. The molecule has 21 heavy (non-hydrogen) atoms. The number of benzene rings is 3. The van der Waals surface area contributed by atoms with Gasteiger partial charge < -0.3 is 4.18 Å². The highest BCUT2D eigenvalue weighted by Gasteiger charge is 2.19. The van der Waals surface area contributed by atoms with E-state index in [-0.39, 0.29) is 5.25 Å². The van der Waals surface area contributed by atoms with Crippen LogP contribution in [0.25, 0.3) is 16.8 Å². The molecule has 0 amide bonds. The van der Waals surface area contributed by atoms with E-state index in [0.717, 1.165) is 5.75 Å². The monoisotopic (exact) mass is 290 g/mol. The highest BCUT2D eigenvalue weighted by molar-refractivity contribution is 7.95. The average Bonchev–Trinajstić information content (AvgIpc) is 2.56. The van der Waals surface area contributed by atoms with Gasteiger partial charge in [0.15, 0.2) is 0 Å². The van der Waals surface area contributed by atoms with E-state index >= 15 is 0 Å². The van der Waals surface area contributed by atoms with Crippen molar-refractivity contribution in [3.8, 4) is 5.75 Å². The van der Waals surface area contributed by atoms with Crippen LogP contribution in [0.15, 0.2) is 72.8 Å². The molecule has 0 saturated carbocycles. The van der Waals surface area contributed by atoms with Crippen LogP contribution in [0.3, 0.4) is 0 Å². The lowest BCUT2D eigenvalue weighted by Gasteiger charge is -2.20. The first kappa shape index (κ1) is 12.5. The first-order valence-corrected chi connectivity index (χ1v) is 7.80. The minimum atomic E-state index is 0.226. The molecule has 2 heteroatoms. The Morgan fingerprint density at radius 1 is 0.810 bits per heavy atom. The van der Waals surface area contributed by atoms with Crippen LogP contribution in [-0.2, 0) is 0 Å². The molecular weight excluding hydrogens is 276 g/mol. The molecule has 1 nitrogen and oxygen atoms in total. The lowest BCUT2D eigenvalue weighted by Crippen LogP contribution is -1.99. The summed E-state index contributed by atoms with van der Waals surface area (Å²) in [5.41, 5.74) is 2.62. The summed E-state index contributed by atoms with van der Waals surface area (Å²) in [5.74, 6) is 0.891. The van der Waals surface area contributed by atoms with Gasteiger partial charge in [0.05, 0.1) is 17.3 Å². The van der Waals surface area contributed by atoms with Crippen molar-refractivity contribution in [3.63, 3.8) is 0 Å². The zero-order valence-electron chi connectivity index (χ0n) is 11.4. The molecule has 1 aliphatic rings. The van der Waals surface area contributed by atoms with Crippen molar-refractivity contribution < 1.29 is 4.18 Å². The van der Waals surface area contributed by atoms with E-state index in [9.17, 15) is 0 Å². The SMILES string of the molecule is C1=CC(SOc2ccccc2)c2cccc3cccc1c23. The van der Waals surface area contributed by atoms with Gasteiger partial charge in [0.25, 0.3) is 0 Å². The highest BCUT2D eigenvalue weighted by atomic mass is 32.2. The lowest BCUT2D eigenvalue weighted by atomic mass is 9.93. The number of hydrogen-bond acceptors (Lipinski definition) is 2. The van der Waals surface area contributed by atoms with Crippen molar-refractivity contribution in [1.82, 2.24) is 0 Å². The molecule has 0 aliphatic heterocycles. The van der Waals surface area contributed by atoms with Gasteiger partial charge in [-0.1, -0.05) is 66.7 Å². The smallest absolute Gasteiger partial charge is 0.137 e. The molecular formula is C19H14OS. The third-order valence-electron chi connectivity index (χ3n) is 3.72. The van der Waals surface area contributed by atoms with E-state index in [1.54, 1.807) is 0 Å². The number of rotatable bonds is 3. The van der Waals surface area contributed by atoms with Gasteiger partial charge >= 0.3 is 0 Å². The summed E-state index contributed by atoms with van der Waals surface area (Å²) < 4.78 is 5.86. The highest BCUT2D eigenvalue weighted by Crippen LogP contribution is 2.41. The van der Waals surface area contributed by atoms with Crippen LogP contribution >= 0.6 is 12.0 Å². The van der Waals surface area contributed by atoms with Crippen LogP contribution in [0.5, 0.6) is 5.75 Å². The molecule has 0 spiro atoms. The topological polar surface area (TPSA) is 9.23 Å². The molecule has 3 aromatic rings. The van der Waals surface area contributed by atoms with E-state index in [4.69, 9.17) is 4.18 Å². The van der Waals surface area contributed by atoms with Crippen molar-refractivity contribution in [2.45, 2.75) is 5.25 Å². The summed E-state index contributed by atoms with van der Waals surface area (Å²) in [4.78, 5) is 0. The van der Waals surface area contributed by atoms with Gasteiger partial charge in [0.2, 0.25) is 0 Å². The molecule has 0 radical (unpaired) electrons. The maximum atomic E-state index is 5.86. The molecule has 0 N–H and O–H groups in total. The van der Waals surface area contributed by atoms with Crippen LogP contribution in [0, 0.1) is 0 Å². The largest absolute Gasteiger partial charge is 0.425 e. The number of hydrogen-bond donors (Lipinski definition) is 0. The molecule has 4 rings (SSSR count). The minimum Gasteiger partial charge on any atom is -0.425 e. The Morgan fingerprint density at radius 2 is 1.62 bits per heavy atom. The van der Waals surface area contributed by atoms with Gasteiger partial charge in [-0.25, -0.2) is 0 Å². The van der Waals surface area contributed by atoms with E-state index < -0.39 is 0 Å². The van der Waals surface area contributed by atoms with Gasteiger partial charge in [-0.2, -0.15) is 0 Å². The molecule has 102 valence electrons. The Balaban J connectivity index is 1.67. The first-order chi connectivity index (χ1) is 10.4. The zero-order chi connectivity index (χ0) is 14.1. The van der Waals surface area contributed by atoms with Crippen molar-refractivity contribution >= 4 is 28.9 Å². The van der Waals surface area contributed by atoms with Crippen LogP contribution in [0.4, 0.5) is 0 Å². The Hall–Kier alpha value is -2.19. The first-order valence-electron chi connectivity index (χ1n) is 7.00. The Kier molecular flexibility index (Phi) is 3.17. The van der Waals surface area contributed by atoms with Crippen molar-refractivity contribution in [3.05, 3.63) is 83.9 Å². The van der Waals surface area contributed by atoms with Crippen LogP contribution in [0.1, 0.15) is 16.4 Å². The Morgan fingerprint density at radius 3 is 2.48 bits per heavy atom. The van der Waals surface area contributed by atoms with Gasteiger partial charge in [-0.3, -0.25) is 0 Å². The van der Waals surface area contributed by atoms with E-state index in [1.807, 2.05) is 30.3 Å². The molecule has 0 bridgehead atoms. The van der Waals surface area contributed by atoms with Crippen molar-refractivity contribution in [1.29, 1.82) is 0 Å². The molecule has 1 aliphatic carbocycles. The van der Waals surface area contributed by atoms with Crippen molar-refractivity contribution in [2.24, 2.45) is 0 Å². The molecule has 0 heterocycles. The summed E-state index contributed by atoms with van der Waals surface area (Å²) in [5, 5.41) is 2.86. The van der Waals surface area contributed by atoms with E-state index in [2.05, 4.69) is 48.6 Å². The van der Waals surface area contributed by atoms with E-state index in [1.165, 1.54) is 33.9 Å². The van der Waals surface area contributed by atoms with Crippen LogP contribution in [0.2, 0.25) is 0 Å². The molecule has 1 unspecified atom stereocenters. The van der Waals surface area contributed by atoms with Gasteiger partial charge in [-0.15, -0.1) is 0 Å². The van der Waals surface area contributed by atoms with Gasteiger partial charge in [-0.05, 0) is 34.0 Å². The summed E-state index contributed by atoms with van der Waals surface area (Å²) in [6.07, 6.45) is 4.41. The minimum absolute atomic E-state index is 0.226. The average molecular weight is 290 g/mol. The summed E-state index contributed by atoms with van der Waals surface area (Å²) >= 11 is 1.50. The van der Waals surface area contributed by atoms with E-state index in [0.29, 0.717) is 0 Å².